The molecular formula is C16H14ClN2O2+. The van der Waals surface area contributed by atoms with E-state index in [0.717, 1.165) is 21.6 Å². The van der Waals surface area contributed by atoms with Crippen molar-refractivity contribution in [3.05, 3.63) is 64.7 Å². The molecule has 1 aliphatic heterocycles. The van der Waals surface area contributed by atoms with Crippen LogP contribution in [0, 0.1) is 0 Å². The van der Waals surface area contributed by atoms with Gasteiger partial charge in [0.05, 0.1) is 16.8 Å². The van der Waals surface area contributed by atoms with Crippen LogP contribution in [0.2, 0.25) is 5.02 Å². The minimum atomic E-state index is -0.188. The molecular weight excluding hydrogens is 288 g/mol. The van der Waals surface area contributed by atoms with Crippen LogP contribution >= 0.6 is 11.6 Å². The molecule has 0 saturated heterocycles. The molecule has 1 heterocycles. The fourth-order valence-electron chi connectivity index (χ4n) is 2.48. The predicted molar refractivity (Wildman–Crippen MR) is 81.4 cm³/mol. The molecule has 4 nitrogen and oxygen atoms in total. The van der Waals surface area contributed by atoms with Gasteiger partial charge in [0.25, 0.3) is 18.2 Å². The number of rotatable bonds is 1. The number of nitrogens with zero attached hydrogens (tertiary/aromatic N) is 2. The van der Waals surface area contributed by atoms with Crippen molar-refractivity contribution in [1.29, 1.82) is 0 Å². The lowest BCUT2D eigenvalue weighted by Gasteiger charge is -2.15. The first-order valence-electron chi connectivity index (χ1n) is 6.53. The Morgan fingerprint density at radius 2 is 1.90 bits per heavy atom. The Hall–Kier alpha value is -2.33. The van der Waals surface area contributed by atoms with Crippen LogP contribution in [0.25, 0.3) is 0 Å². The number of hydrogen-bond donors (Lipinski definition) is 1. The van der Waals surface area contributed by atoms with Crippen molar-refractivity contribution in [2.75, 3.05) is 18.5 Å². The Bertz CT molecular complexity index is 741. The zero-order valence-electron chi connectivity index (χ0n) is 11.5. The van der Waals surface area contributed by atoms with E-state index in [1.165, 1.54) is 4.90 Å². The van der Waals surface area contributed by atoms with Gasteiger partial charge in [0, 0.05) is 12.1 Å². The minimum Gasteiger partial charge on any atom is -0.309 e. The number of carbonyl (C=O) groups excluding carboxylic acids is 1. The van der Waals surface area contributed by atoms with Gasteiger partial charge < -0.3 is 4.90 Å². The summed E-state index contributed by atoms with van der Waals surface area (Å²) in [5.74, 6) is -0.188. The number of anilines is 1. The highest BCUT2D eigenvalue weighted by molar-refractivity contribution is 6.31. The molecule has 3 rings (SSSR count). The Morgan fingerprint density at radius 1 is 1.19 bits per heavy atom. The standard InChI is InChI=1S/C16H14ClN2O2/c1-18-14-8-7-12(17)9-13(14)16(19(21)10-15(18)20)11-5-3-2-4-6-11/h2-9,21H,10H2,1H3/q+1. The average molecular weight is 302 g/mol. The van der Waals surface area contributed by atoms with Crippen molar-refractivity contribution in [2.24, 2.45) is 0 Å². The van der Waals surface area contributed by atoms with Crippen LogP contribution in [0.5, 0.6) is 0 Å². The number of fused-ring (bicyclic) bond motifs is 1. The molecule has 0 fully saturated rings. The van der Waals surface area contributed by atoms with Crippen molar-refractivity contribution in [3.8, 4) is 0 Å². The Kier molecular flexibility index (Phi) is 3.39. The van der Waals surface area contributed by atoms with Crippen molar-refractivity contribution in [2.45, 2.75) is 0 Å². The molecule has 0 aliphatic carbocycles. The Labute approximate surface area is 127 Å². The monoisotopic (exact) mass is 301 g/mol. The first-order chi connectivity index (χ1) is 10.1. The highest BCUT2D eigenvalue weighted by Crippen LogP contribution is 2.28. The second-order valence-corrected chi connectivity index (χ2v) is 5.32. The fraction of sp³-hybridized carbons (Fsp3) is 0.125. The Balaban J connectivity index is 2.31. The zero-order chi connectivity index (χ0) is 15.0. The summed E-state index contributed by atoms with van der Waals surface area (Å²) in [6.45, 7) is -0.104. The molecule has 0 aromatic heterocycles. The molecule has 0 unspecified atom stereocenters. The first kappa shape index (κ1) is 13.6. The molecule has 0 atom stereocenters. The van der Waals surface area contributed by atoms with Gasteiger partial charge in [0.15, 0.2) is 0 Å². The largest absolute Gasteiger partial charge is 0.309 e. The van der Waals surface area contributed by atoms with Crippen LogP contribution in [0.15, 0.2) is 48.5 Å². The predicted octanol–water partition coefficient (Wildman–Crippen LogP) is 2.56. The maximum absolute atomic E-state index is 12.1. The minimum absolute atomic E-state index is 0.104. The van der Waals surface area contributed by atoms with E-state index in [1.54, 1.807) is 25.2 Å². The number of amides is 1. The van der Waals surface area contributed by atoms with Crippen LogP contribution in [0.3, 0.4) is 0 Å². The lowest BCUT2D eigenvalue weighted by atomic mass is 10.0. The average Bonchev–Trinajstić information content (AvgIpc) is 2.56. The maximum atomic E-state index is 12.1. The number of halogens is 1. The number of likely N-dealkylation sites (N-methyl/N-ethyl adjacent to an activating group) is 1. The van der Waals surface area contributed by atoms with E-state index in [1.807, 2.05) is 30.3 Å². The number of benzodiazepines with no additional fused rings is 1. The molecule has 0 radical (unpaired) electrons. The summed E-state index contributed by atoms with van der Waals surface area (Å²) in [6, 6.07) is 14.7. The molecule has 5 heteroatoms. The van der Waals surface area contributed by atoms with Crippen LogP contribution in [0.4, 0.5) is 5.69 Å². The van der Waals surface area contributed by atoms with Gasteiger partial charge in [-0.1, -0.05) is 29.8 Å². The Morgan fingerprint density at radius 3 is 2.62 bits per heavy atom. The molecule has 21 heavy (non-hydrogen) atoms. The molecule has 1 amide bonds. The topological polar surface area (TPSA) is 43.5 Å². The van der Waals surface area contributed by atoms with Gasteiger partial charge in [0.2, 0.25) is 0 Å². The summed E-state index contributed by atoms with van der Waals surface area (Å²) in [6.07, 6.45) is 0. The zero-order valence-corrected chi connectivity index (χ0v) is 12.2. The fourth-order valence-corrected chi connectivity index (χ4v) is 2.65. The van der Waals surface area contributed by atoms with E-state index in [-0.39, 0.29) is 12.5 Å². The molecule has 2 aromatic rings. The van der Waals surface area contributed by atoms with E-state index >= 15 is 0 Å². The van der Waals surface area contributed by atoms with Gasteiger partial charge in [-0.15, -0.1) is 0 Å². The maximum Gasteiger partial charge on any atom is 0.297 e. The molecule has 106 valence electrons. The van der Waals surface area contributed by atoms with Crippen LogP contribution in [0.1, 0.15) is 11.1 Å². The lowest BCUT2D eigenvalue weighted by Crippen LogP contribution is -2.32. The van der Waals surface area contributed by atoms with Gasteiger partial charge in [-0.05, 0) is 35.1 Å². The second-order valence-electron chi connectivity index (χ2n) is 4.89. The van der Waals surface area contributed by atoms with Gasteiger partial charge in [0.1, 0.15) is 0 Å². The molecule has 1 aliphatic rings. The number of benzene rings is 2. The lowest BCUT2D eigenvalue weighted by molar-refractivity contribution is -0.765. The third kappa shape index (κ3) is 2.38. The third-order valence-electron chi connectivity index (χ3n) is 3.54. The number of carbonyl (C=O) groups is 1. The van der Waals surface area contributed by atoms with Crippen LogP contribution in [-0.4, -0.2) is 35.2 Å². The smallest absolute Gasteiger partial charge is 0.297 e. The van der Waals surface area contributed by atoms with E-state index in [0.29, 0.717) is 10.7 Å². The first-order valence-corrected chi connectivity index (χ1v) is 6.91. The van der Waals surface area contributed by atoms with Crippen molar-refractivity contribution in [1.82, 2.24) is 0 Å². The molecule has 0 bridgehead atoms. The summed E-state index contributed by atoms with van der Waals surface area (Å²) in [4.78, 5) is 13.7. The van der Waals surface area contributed by atoms with Crippen LogP contribution < -0.4 is 4.90 Å². The van der Waals surface area contributed by atoms with Gasteiger partial charge >= 0.3 is 0 Å². The van der Waals surface area contributed by atoms with Crippen molar-refractivity contribution in [3.63, 3.8) is 0 Å². The highest BCUT2D eigenvalue weighted by Gasteiger charge is 2.32. The normalized spacial score (nSPS) is 15.0. The van der Waals surface area contributed by atoms with Crippen molar-refractivity contribution < 1.29 is 14.7 Å². The molecule has 1 N–H and O–H groups in total. The molecule has 0 saturated carbocycles. The summed E-state index contributed by atoms with van der Waals surface area (Å²) < 4.78 is 0.982. The van der Waals surface area contributed by atoms with Crippen molar-refractivity contribution >= 4 is 28.9 Å². The van der Waals surface area contributed by atoms with E-state index in [4.69, 9.17) is 11.6 Å². The second kappa shape index (κ2) is 5.22. The van der Waals surface area contributed by atoms with Gasteiger partial charge in [-0.2, -0.15) is 0 Å². The summed E-state index contributed by atoms with van der Waals surface area (Å²) in [7, 11) is 1.69. The summed E-state index contributed by atoms with van der Waals surface area (Å²) >= 11 is 6.10. The van der Waals surface area contributed by atoms with Gasteiger partial charge in [-0.25, -0.2) is 0 Å². The SMILES string of the molecule is CN1C(=O)C[N+](O)=C(c2ccccc2)c2cc(Cl)ccc21. The summed E-state index contributed by atoms with van der Waals surface area (Å²) in [5.41, 5.74) is 2.85. The van der Waals surface area contributed by atoms with E-state index in [2.05, 4.69) is 0 Å². The highest BCUT2D eigenvalue weighted by atomic mass is 35.5. The summed E-state index contributed by atoms with van der Waals surface area (Å²) in [5, 5.41) is 10.9. The third-order valence-corrected chi connectivity index (χ3v) is 3.77. The number of hydroxylamine groups is 1. The van der Waals surface area contributed by atoms with Crippen LogP contribution in [-0.2, 0) is 4.79 Å². The quantitative estimate of drug-likeness (QED) is 0.650. The van der Waals surface area contributed by atoms with E-state index in [9.17, 15) is 10.0 Å². The van der Waals surface area contributed by atoms with E-state index < -0.39 is 0 Å². The molecule has 0 spiro atoms. The molecule has 2 aromatic carbocycles. The number of hydrogen-bond acceptors (Lipinski definition) is 2. The van der Waals surface area contributed by atoms with Gasteiger partial charge in [-0.3, -0.25) is 10.0 Å².